The lowest BCUT2D eigenvalue weighted by atomic mass is 9.99. The Labute approximate surface area is 172 Å². The summed E-state index contributed by atoms with van der Waals surface area (Å²) < 4.78 is 5.04. The van der Waals surface area contributed by atoms with Crippen molar-refractivity contribution in [2.45, 2.75) is 25.8 Å². The number of halogens is 1. The predicted molar refractivity (Wildman–Crippen MR) is 107 cm³/mol. The third-order valence-electron chi connectivity index (χ3n) is 4.64. The summed E-state index contributed by atoms with van der Waals surface area (Å²) in [5.74, 6) is -2.05. The summed E-state index contributed by atoms with van der Waals surface area (Å²) in [6.07, 6.45) is 0. The molecule has 29 heavy (non-hydrogen) atoms. The number of fused-ring (bicyclic) bond motifs is 1. The third-order valence-corrected chi connectivity index (χ3v) is 4.90. The Morgan fingerprint density at radius 1 is 1.14 bits per heavy atom. The van der Waals surface area contributed by atoms with E-state index in [-0.39, 0.29) is 11.8 Å². The van der Waals surface area contributed by atoms with E-state index in [9.17, 15) is 19.2 Å². The van der Waals surface area contributed by atoms with E-state index in [1.165, 1.54) is 19.1 Å². The number of ketones is 1. The minimum absolute atomic E-state index is 0.124. The van der Waals surface area contributed by atoms with Crippen LogP contribution in [0.4, 0.5) is 5.69 Å². The van der Waals surface area contributed by atoms with Crippen molar-refractivity contribution >= 4 is 40.9 Å². The van der Waals surface area contributed by atoms with E-state index in [1.807, 2.05) is 0 Å². The average molecular weight is 415 g/mol. The van der Waals surface area contributed by atoms with Crippen molar-refractivity contribution in [1.82, 2.24) is 5.32 Å². The fourth-order valence-electron chi connectivity index (χ4n) is 2.88. The molecule has 8 heteroatoms. The number of anilines is 1. The van der Waals surface area contributed by atoms with E-state index in [2.05, 4.69) is 10.6 Å². The Balaban J connectivity index is 1.55. The normalized spacial score (nSPS) is 15.8. The number of Topliss-reactive ketones (excluding diaryl/α,β-unsaturated/α-hetero) is 1. The number of nitrogens with one attached hydrogen (secondary N) is 2. The van der Waals surface area contributed by atoms with Crippen molar-refractivity contribution in [3.8, 4) is 0 Å². The number of rotatable bonds is 6. The zero-order valence-electron chi connectivity index (χ0n) is 15.8. The summed E-state index contributed by atoms with van der Waals surface area (Å²) in [5, 5.41) is 5.73. The first-order valence-corrected chi connectivity index (χ1v) is 9.35. The van der Waals surface area contributed by atoms with Crippen LogP contribution in [0.3, 0.4) is 0 Å². The first-order chi connectivity index (χ1) is 13.8. The van der Waals surface area contributed by atoms with Gasteiger partial charge < -0.3 is 15.4 Å². The lowest BCUT2D eigenvalue weighted by Gasteiger charge is -2.13. The number of hydrogen-bond donors (Lipinski definition) is 2. The van der Waals surface area contributed by atoms with Crippen LogP contribution in [0, 0.1) is 0 Å². The maximum Gasteiger partial charge on any atom is 0.328 e. The molecule has 1 aliphatic rings. The molecular weight excluding hydrogens is 396 g/mol. The first kappa shape index (κ1) is 20.5. The Bertz CT molecular complexity index is 987. The van der Waals surface area contributed by atoms with Gasteiger partial charge in [-0.15, -0.1) is 0 Å². The summed E-state index contributed by atoms with van der Waals surface area (Å²) in [7, 11) is 0. The molecule has 2 amide bonds. The monoisotopic (exact) mass is 414 g/mol. The summed E-state index contributed by atoms with van der Waals surface area (Å²) in [6.45, 7) is 2.75. The molecule has 0 bridgehead atoms. The lowest BCUT2D eigenvalue weighted by molar-refractivity contribution is -0.144. The Morgan fingerprint density at radius 3 is 2.48 bits per heavy atom. The second-order valence-corrected chi connectivity index (χ2v) is 7.18. The van der Waals surface area contributed by atoms with E-state index in [1.54, 1.807) is 37.3 Å². The molecule has 3 rings (SSSR count). The van der Waals surface area contributed by atoms with Crippen molar-refractivity contribution < 1.29 is 23.9 Å². The molecule has 2 atom stereocenters. The van der Waals surface area contributed by atoms with E-state index in [0.29, 0.717) is 21.8 Å². The van der Waals surface area contributed by atoms with E-state index >= 15 is 0 Å². The maximum atomic E-state index is 12.4. The number of benzene rings is 2. The molecular formula is C21H19ClN2O5. The van der Waals surface area contributed by atoms with Crippen molar-refractivity contribution in [2.75, 3.05) is 11.9 Å². The minimum Gasteiger partial charge on any atom is -0.456 e. The van der Waals surface area contributed by atoms with E-state index in [0.717, 1.165) is 5.56 Å². The SMILES string of the molecule is C[C@H](NC(=O)c1ccc(Cl)cc1)C(=O)OCC(=O)c1ccc2c(c1)[C@@H](C)C(=O)N2. The van der Waals surface area contributed by atoms with E-state index in [4.69, 9.17) is 16.3 Å². The number of ether oxygens (including phenoxy) is 1. The van der Waals surface area contributed by atoms with Crippen LogP contribution in [-0.4, -0.2) is 36.2 Å². The molecule has 0 spiro atoms. The van der Waals surface area contributed by atoms with Crippen molar-refractivity contribution in [3.63, 3.8) is 0 Å². The van der Waals surface area contributed by atoms with Crippen LogP contribution in [0.1, 0.15) is 46.0 Å². The number of carbonyl (C=O) groups excluding carboxylic acids is 4. The topological polar surface area (TPSA) is 102 Å². The van der Waals surface area contributed by atoms with Gasteiger partial charge in [0.1, 0.15) is 6.04 Å². The Hall–Kier alpha value is -3.19. The van der Waals surface area contributed by atoms with Gasteiger partial charge in [-0.1, -0.05) is 11.6 Å². The molecule has 1 aliphatic heterocycles. The molecule has 2 aromatic carbocycles. The third kappa shape index (κ3) is 4.63. The number of hydrogen-bond acceptors (Lipinski definition) is 5. The van der Waals surface area contributed by atoms with Gasteiger partial charge in [-0.05, 0) is 61.9 Å². The second-order valence-electron chi connectivity index (χ2n) is 6.75. The molecule has 2 N–H and O–H groups in total. The zero-order chi connectivity index (χ0) is 21.1. The van der Waals surface area contributed by atoms with Gasteiger partial charge in [0.05, 0.1) is 5.92 Å². The van der Waals surface area contributed by atoms with Crippen LogP contribution < -0.4 is 10.6 Å². The summed E-state index contributed by atoms with van der Waals surface area (Å²) in [6, 6.07) is 10.1. The van der Waals surface area contributed by atoms with Crippen molar-refractivity contribution in [1.29, 1.82) is 0 Å². The minimum atomic E-state index is -0.937. The molecule has 7 nitrogen and oxygen atoms in total. The molecule has 0 aliphatic carbocycles. The second kappa shape index (κ2) is 8.45. The highest BCUT2D eigenvalue weighted by molar-refractivity contribution is 6.30. The van der Waals surface area contributed by atoms with Crippen LogP contribution in [0.15, 0.2) is 42.5 Å². The highest BCUT2D eigenvalue weighted by Gasteiger charge is 2.27. The molecule has 0 saturated carbocycles. The van der Waals surface area contributed by atoms with Gasteiger partial charge in [0, 0.05) is 21.8 Å². The molecule has 0 unspecified atom stereocenters. The van der Waals surface area contributed by atoms with Gasteiger partial charge in [0.15, 0.2) is 12.4 Å². The van der Waals surface area contributed by atoms with E-state index < -0.39 is 30.3 Å². The first-order valence-electron chi connectivity index (χ1n) is 8.97. The van der Waals surface area contributed by atoms with Crippen LogP contribution in [0.5, 0.6) is 0 Å². The number of esters is 1. The fourth-order valence-corrected chi connectivity index (χ4v) is 3.00. The molecule has 150 valence electrons. The Morgan fingerprint density at radius 2 is 1.79 bits per heavy atom. The maximum absolute atomic E-state index is 12.4. The van der Waals surface area contributed by atoms with Crippen molar-refractivity contribution in [3.05, 3.63) is 64.2 Å². The fraction of sp³-hybridized carbons (Fsp3) is 0.238. The van der Waals surface area contributed by atoms with Gasteiger partial charge >= 0.3 is 5.97 Å². The van der Waals surface area contributed by atoms with Gasteiger partial charge in [0.25, 0.3) is 5.91 Å². The molecule has 0 radical (unpaired) electrons. The lowest BCUT2D eigenvalue weighted by Crippen LogP contribution is -2.40. The molecule has 0 saturated heterocycles. The summed E-state index contributed by atoms with van der Waals surface area (Å²) in [5.41, 5.74) is 2.10. The smallest absolute Gasteiger partial charge is 0.328 e. The zero-order valence-corrected chi connectivity index (χ0v) is 16.6. The van der Waals surface area contributed by atoms with Gasteiger partial charge in [-0.3, -0.25) is 14.4 Å². The van der Waals surface area contributed by atoms with Crippen LogP contribution in [0.2, 0.25) is 5.02 Å². The quantitative estimate of drug-likeness (QED) is 0.559. The van der Waals surface area contributed by atoms with Crippen molar-refractivity contribution in [2.24, 2.45) is 0 Å². The average Bonchev–Trinajstić information content (AvgIpc) is 2.99. The standard InChI is InChI=1S/C21H19ClN2O5/c1-11-16-9-14(5-8-17(16)24-19(11)26)18(25)10-29-21(28)12(2)23-20(27)13-3-6-15(22)7-4-13/h3-9,11-12H,10H2,1-2H3,(H,23,27)(H,24,26)/t11-,12+/m1/s1. The van der Waals surface area contributed by atoms with Gasteiger partial charge in [-0.2, -0.15) is 0 Å². The number of carbonyl (C=O) groups is 4. The molecule has 1 heterocycles. The van der Waals surface area contributed by atoms with Crippen LogP contribution >= 0.6 is 11.6 Å². The molecule has 0 aromatic heterocycles. The van der Waals surface area contributed by atoms with Crippen LogP contribution in [0.25, 0.3) is 0 Å². The van der Waals surface area contributed by atoms with Gasteiger partial charge in [-0.25, -0.2) is 4.79 Å². The Kier molecular flexibility index (Phi) is 5.98. The summed E-state index contributed by atoms with van der Waals surface area (Å²) in [4.78, 5) is 48.3. The predicted octanol–water partition coefficient (Wildman–Crippen LogP) is 2.94. The van der Waals surface area contributed by atoms with Crippen LogP contribution in [-0.2, 0) is 14.3 Å². The molecule has 0 fully saturated rings. The summed E-state index contributed by atoms with van der Waals surface area (Å²) >= 11 is 5.78. The number of amides is 2. The highest BCUT2D eigenvalue weighted by atomic mass is 35.5. The largest absolute Gasteiger partial charge is 0.456 e. The highest BCUT2D eigenvalue weighted by Crippen LogP contribution is 2.32. The van der Waals surface area contributed by atoms with Gasteiger partial charge in [0.2, 0.25) is 5.91 Å². The molecule has 2 aromatic rings.